The fraction of sp³-hybridized carbons (Fsp3) is 0.688. The van der Waals surface area contributed by atoms with Crippen LogP contribution in [0.25, 0.3) is 0 Å². The molecule has 3 heterocycles. The third-order valence-corrected chi connectivity index (χ3v) is 6.02. The van der Waals surface area contributed by atoms with Crippen molar-refractivity contribution in [3.63, 3.8) is 0 Å². The van der Waals surface area contributed by atoms with Crippen LogP contribution in [0.2, 0.25) is 0 Å². The maximum atomic E-state index is 12.8. The lowest BCUT2D eigenvalue weighted by molar-refractivity contribution is -0.131. The summed E-state index contributed by atoms with van der Waals surface area (Å²) in [7, 11) is 0. The molecule has 114 valence electrons. The minimum Gasteiger partial charge on any atom is -0.381 e. The van der Waals surface area contributed by atoms with Crippen molar-refractivity contribution < 1.29 is 9.53 Å². The first kappa shape index (κ1) is 13.7. The molecule has 2 saturated heterocycles. The number of nitrogens with zero attached hydrogens (tertiary/aromatic N) is 1. The van der Waals surface area contributed by atoms with Crippen LogP contribution < -0.4 is 5.32 Å². The lowest BCUT2D eigenvalue weighted by Crippen LogP contribution is -2.37. The summed E-state index contributed by atoms with van der Waals surface area (Å²) < 4.78 is 5.44. The Bertz CT molecular complexity index is 546. The van der Waals surface area contributed by atoms with Gasteiger partial charge in [-0.3, -0.25) is 10.1 Å². The summed E-state index contributed by atoms with van der Waals surface area (Å²) in [6, 6.07) is 4.32. The third kappa shape index (κ3) is 2.41. The average Bonchev–Trinajstić information content (AvgIpc) is 3.09. The van der Waals surface area contributed by atoms with Gasteiger partial charge in [-0.25, -0.2) is 0 Å². The highest BCUT2D eigenvalue weighted by Gasteiger charge is 2.59. The first-order chi connectivity index (χ1) is 10.2. The Morgan fingerprint density at radius 2 is 2.14 bits per heavy atom. The monoisotopic (exact) mass is 306 g/mol. The van der Waals surface area contributed by atoms with E-state index < -0.39 is 0 Å². The second-order valence-electron chi connectivity index (χ2n) is 6.59. The van der Waals surface area contributed by atoms with Crippen LogP contribution in [-0.4, -0.2) is 36.1 Å². The van der Waals surface area contributed by atoms with E-state index in [4.69, 9.17) is 4.74 Å². The number of amides is 1. The van der Waals surface area contributed by atoms with E-state index >= 15 is 0 Å². The zero-order valence-electron chi connectivity index (χ0n) is 12.4. The van der Waals surface area contributed by atoms with Crippen molar-refractivity contribution in [2.75, 3.05) is 19.8 Å². The summed E-state index contributed by atoms with van der Waals surface area (Å²) in [4.78, 5) is 17.5. The zero-order chi connectivity index (χ0) is 14.4. The minimum absolute atomic E-state index is 0.0848. The van der Waals surface area contributed by atoms with E-state index in [1.807, 2.05) is 0 Å². The third-order valence-electron chi connectivity index (χ3n) is 4.97. The summed E-state index contributed by atoms with van der Waals surface area (Å²) in [5.74, 6) is 0.909. The molecule has 0 aromatic carbocycles. The molecule has 0 radical (unpaired) electrons. The second kappa shape index (κ2) is 5.07. The number of thiophene rings is 1. The van der Waals surface area contributed by atoms with Gasteiger partial charge in [-0.2, -0.15) is 0 Å². The van der Waals surface area contributed by atoms with Crippen molar-refractivity contribution in [3.05, 3.63) is 21.9 Å². The molecule has 1 saturated carbocycles. The van der Waals surface area contributed by atoms with E-state index in [-0.39, 0.29) is 11.7 Å². The van der Waals surface area contributed by atoms with E-state index in [1.54, 1.807) is 11.3 Å². The van der Waals surface area contributed by atoms with Gasteiger partial charge in [0.25, 0.3) is 0 Å². The van der Waals surface area contributed by atoms with Gasteiger partial charge in [-0.05, 0) is 50.7 Å². The lowest BCUT2D eigenvalue weighted by atomic mass is 9.99. The van der Waals surface area contributed by atoms with Crippen LogP contribution in [0, 0.1) is 12.8 Å². The standard InChI is InChI=1S/C16H22N2O2S/c1-11-2-3-13(21-11)14-17-16(6-7-16)15(19)18(14)10-12-4-8-20-9-5-12/h2-3,12,14,17H,4-10H2,1H3. The Morgan fingerprint density at radius 1 is 1.38 bits per heavy atom. The summed E-state index contributed by atoms with van der Waals surface area (Å²) in [6.45, 7) is 4.68. The van der Waals surface area contributed by atoms with Crippen molar-refractivity contribution >= 4 is 17.2 Å². The van der Waals surface area contributed by atoms with Crippen LogP contribution in [0.1, 0.15) is 41.6 Å². The quantitative estimate of drug-likeness (QED) is 0.932. The van der Waals surface area contributed by atoms with E-state index in [9.17, 15) is 4.79 Å². The van der Waals surface area contributed by atoms with Crippen molar-refractivity contribution in [1.29, 1.82) is 0 Å². The molecule has 0 bridgehead atoms. The highest BCUT2D eigenvalue weighted by atomic mass is 32.1. The van der Waals surface area contributed by atoms with Crippen LogP contribution in [-0.2, 0) is 9.53 Å². The largest absolute Gasteiger partial charge is 0.381 e. The van der Waals surface area contributed by atoms with E-state index in [0.29, 0.717) is 11.8 Å². The van der Waals surface area contributed by atoms with Gasteiger partial charge in [-0.15, -0.1) is 11.3 Å². The number of ether oxygens (including phenoxy) is 1. The fourth-order valence-electron chi connectivity index (χ4n) is 3.50. The second-order valence-corrected chi connectivity index (χ2v) is 7.91. The summed E-state index contributed by atoms with van der Waals surface area (Å²) in [5.41, 5.74) is -0.228. The lowest BCUT2D eigenvalue weighted by Gasteiger charge is -2.30. The average molecular weight is 306 g/mol. The molecule has 3 aliphatic rings. The number of aryl methyl sites for hydroxylation is 1. The minimum atomic E-state index is -0.228. The maximum absolute atomic E-state index is 12.8. The predicted octanol–water partition coefficient (Wildman–Crippen LogP) is 2.45. The van der Waals surface area contributed by atoms with E-state index in [1.165, 1.54) is 9.75 Å². The molecule has 2 aliphatic heterocycles. The Morgan fingerprint density at radius 3 is 2.76 bits per heavy atom. The van der Waals surface area contributed by atoms with Crippen LogP contribution in [0.4, 0.5) is 0 Å². The normalized spacial score (nSPS) is 28.5. The molecule has 1 atom stereocenters. The summed E-state index contributed by atoms with van der Waals surface area (Å²) >= 11 is 1.80. The molecule has 1 aliphatic carbocycles. The number of hydrogen-bond donors (Lipinski definition) is 1. The van der Waals surface area contributed by atoms with Gasteiger partial charge in [0.05, 0.1) is 0 Å². The van der Waals surface area contributed by atoms with Gasteiger partial charge < -0.3 is 9.64 Å². The molecule has 1 amide bonds. The molecule has 1 aromatic rings. The van der Waals surface area contributed by atoms with Gasteiger partial charge in [0, 0.05) is 29.5 Å². The summed E-state index contributed by atoms with van der Waals surface area (Å²) in [5, 5.41) is 3.62. The topological polar surface area (TPSA) is 41.6 Å². The van der Waals surface area contributed by atoms with E-state index in [0.717, 1.165) is 45.4 Å². The Labute approximate surface area is 129 Å². The highest BCUT2D eigenvalue weighted by molar-refractivity contribution is 7.12. The van der Waals surface area contributed by atoms with Crippen LogP contribution in [0.15, 0.2) is 12.1 Å². The predicted molar refractivity (Wildman–Crippen MR) is 82.2 cm³/mol. The number of rotatable bonds is 3. The van der Waals surface area contributed by atoms with Crippen molar-refractivity contribution in [2.45, 2.75) is 44.3 Å². The molecule has 1 unspecified atom stereocenters. The number of carbonyl (C=O) groups is 1. The van der Waals surface area contributed by atoms with Crippen molar-refractivity contribution in [3.8, 4) is 0 Å². The molecule has 5 heteroatoms. The first-order valence-electron chi connectivity index (χ1n) is 7.91. The van der Waals surface area contributed by atoms with Crippen LogP contribution >= 0.6 is 11.3 Å². The number of carbonyl (C=O) groups excluding carboxylic acids is 1. The molecule has 4 rings (SSSR count). The Hall–Kier alpha value is -0.910. The van der Waals surface area contributed by atoms with Crippen LogP contribution in [0.3, 0.4) is 0 Å². The molecule has 1 spiro atoms. The van der Waals surface area contributed by atoms with Gasteiger partial charge in [0.1, 0.15) is 11.7 Å². The van der Waals surface area contributed by atoms with E-state index in [2.05, 4.69) is 29.3 Å². The first-order valence-corrected chi connectivity index (χ1v) is 8.72. The van der Waals surface area contributed by atoms with Gasteiger partial charge in [0.15, 0.2) is 0 Å². The van der Waals surface area contributed by atoms with Gasteiger partial charge in [-0.1, -0.05) is 0 Å². The van der Waals surface area contributed by atoms with Crippen molar-refractivity contribution in [2.24, 2.45) is 5.92 Å². The zero-order valence-corrected chi connectivity index (χ0v) is 13.2. The molecule has 21 heavy (non-hydrogen) atoms. The Kier molecular flexibility index (Phi) is 3.32. The molecular formula is C16H22N2O2S. The smallest absolute Gasteiger partial charge is 0.244 e. The fourth-order valence-corrected chi connectivity index (χ4v) is 4.44. The van der Waals surface area contributed by atoms with Gasteiger partial charge >= 0.3 is 0 Å². The molecule has 1 aromatic heterocycles. The van der Waals surface area contributed by atoms with Gasteiger partial charge in [0.2, 0.25) is 5.91 Å². The van der Waals surface area contributed by atoms with Crippen LogP contribution in [0.5, 0.6) is 0 Å². The Balaban J connectivity index is 1.56. The molecule has 3 fully saturated rings. The molecule has 4 nitrogen and oxygen atoms in total. The summed E-state index contributed by atoms with van der Waals surface area (Å²) in [6.07, 6.45) is 4.23. The maximum Gasteiger partial charge on any atom is 0.244 e. The van der Waals surface area contributed by atoms with Crippen molar-refractivity contribution in [1.82, 2.24) is 10.2 Å². The number of nitrogens with one attached hydrogen (secondary N) is 1. The number of hydrogen-bond acceptors (Lipinski definition) is 4. The molecular weight excluding hydrogens is 284 g/mol. The SMILES string of the molecule is Cc1ccc(C2NC3(CC3)C(=O)N2CC2CCOCC2)s1. The molecule has 1 N–H and O–H groups in total. The highest BCUT2D eigenvalue weighted by Crippen LogP contribution is 2.47.